The molecule has 1 rings (SSSR count). The fourth-order valence-electron chi connectivity index (χ4n) is 0.860. The Balaban J connectivity index is 3.45. The summed E-state index contributed by atoms with van der Waals surface area (Å²) >= 11 is 7.08. The lowest BCUT2D eigenvalue weighted by Crippen LogP contribution is -2.07. The van der Waals surface area contributed by atoms with Crippen LogP contribution in [0.4, 0.5) is 8.78 Å². The Kier molecular flexibility index (Phi) is 3.59. The normalized spacial score (nSPS) is 10.6. The summed E-state index contributed by atoms with van der Waals surface area (Å²) in [6.07, 6.45) is -2.10. The Hall–Kier alpha value is -0.500. The van der Waals surface area contributed by atoms with Crippen LogP contribution in [0.1, 0.15) is 22.3 Å². The van der Waals surface area contributed by atoms with Crippen molar-refractivity contribution in [1.82, 2.24) is 4.98 Å². The first-order chi connectivity index (χ1) is 6.45. The molecule has 0 aromatic carbocycles. The number of carbonyl (C=O) groups is 1. The molecule has 0 saturated heterocycles. The van der Waals surface area contributed by atoms with Gasteiger partial charge in [0.2, 0.25) is 0 Å². The third-order valence-corrected chi connectivity index (χ3v) is 3.11. The van der Waals surface area contributed by atoms with Crippen LogP contribution in [0.15, 0.2) is 6.20 Å². The third-order valence-electron chi connectivity index (χ3n) is 1.46. The molecule has 0 aliphatic rings. The van der Waals surface area contributed by atoms with Gasteiger partial charge in [-0.2, -0.15) is 0 Å². The number of aromatic nitrogens is 1. The summed E-state index contributed by atoms with van der Waals surface area (Å²) in [5.74, 6) is -1.44. The molecule has 76 valence electrons. The van der Waals surface area contributed by atoms with Crippen LogP contribution in [0.2, 0.25) is 5.15 Å². The molecule has 0 bridgehead atoms. The van der Waals surface area contributed by atoms with Crippen molar-refractivity contribution < 1.29 is 18.7 Å². The molecule has 1 heterocycles. The fourth-order valence-corrected chi connectivity index (χ4v) is 1.68. The van der Waals surface area contributed by atoms with Crippen molar-refractivity contribution in [3.63, 3.8) is 0 Å². The molecule has 1 aromatic heterocycles. The Morgan fingerprint density at radius 1 is 1.64 bits per heavy atom. The number of carboxylic acids is 1. The predicted molar refractivity (Wildman–Crippen MR) is 53.9 cm³/mol. The summed E-state index contributed by atoms with van der Waals surface area (Å²) in [5.41, 5.74) is -1.10. The molecule has 0 saturated carbocycles. The topological polar surface area (TPSA) is 50.2 Å². The lowest BCUT2D eigenvalue weighted by molar-refractivity contribution is 0.0683. The van der Waals surface area contributed by atoms with Crippen LogP contribution >= 0.6 is 34.2 Å². The lowest BCUT2D eigenvalue weighted by Gasteiger charge is -2.07. The van der Waals surface area contributed by atoms with E-state index in [-0.39, 0.29) is 8.72 Å². The maximum atomic E-state index is 12.3. The minimum atomic E-state index is -2.88. The van der Waals surface area contributed by atoms with E-state index in [1.54, 1.807) is 22.6 Å². The third kappa shape index (κ3) is 2.11. The van der Waals surface area contributed by atoms with E-state index in [2.05, 4.69) is 4.98 Å². The van der Waals surface area contributed by atoms with Gasteiger partial charge in [0.15, 0.2) is 0 Å². The van der Waals surface area contributed by atoms with Crippen LogP contribution < -0.4 is 0 Å². The zero-order valence-electron chi connectivity index (χ0n) is 6.47. The van der Waals surface area contributed by atoms with E-state index in [9.17, 15) is 13.6 Å². The molecule has 0 fully saturated rings. The van der Waals surface area contributed by atoms with Crippen LogP contribution in [-0.2, 0) is 0 Å². The summed E-state index contributed by atoms with van der Waals surface area (Å²) < 4.78 is 24.7. The Morgan fingerprint density at radius 2 is 2.21 bits per heavy atom. The second-order valence-electron chi connectivity index (χ2n) is 2.30. The Labute approximate surface area is 96.2 Å². The highest BCUT2D eigenvalue weighted by Crippen LogP contribution is 2.29. The summed E-state index contributed by atoms with van der Waals surface area (Å²) in [4.78, 5) is 14.1. The van der Waals surface area contributed by atoms with Gasteiger partial charge in [-0.1, -0.05) is 11.6 Å². The second kappa shape index (κ2) is 4.35. The van der Waals surface area contributed by atoms with Crippen LogP contribution in [0.3, 0.4) is 0 Å². The molecule has 0 radical (unpaired) electrons. The largest absolute Gasteiger partial charge is 0.478 e. The SMILES string of the molecule is O=C(O)c1c(C(F)F)cnc(Cl)c1I. The van der Waals surface area contributed by atoms with E-state index in [0.717, 1.165) is 6.20 Å². The maximum Gasteiger partial charge on any atom is 0.337 e. The van der Waals surface area contributed by atoms with Gasteiger partial charge >= 0.3 is 5.97 Å². The number of carboxylic acid groups (broad SMARTS) is 1. The summed E-state index contributed by atoms with van der Waals surface area (Å²) in [7, 11) is 0. The molecule has 14 heavy (non-hydrogen) atoms. The molecule has 1 N–H and O–H groups in total. The van der Waals surface area contributed by atoms with E-state index in [1.165, 1.54) is 0 Å². The van der Waals surface area contributed by atoms with Gasteiger partial charge in [-0.3, -0.25) is 0 Å². The van der Waals surface area contributed by atoms with Crippen LogP contribution in [0.5, 0.6) is 0 Å². The zero-order valence-corrected chi connectivity index (χ0v) is 9.38. The summed E-state index contributed by atoms with van der Waals surface area (Å²) in [5, 5.41) is 8.60. The quantitative estimate of drug-likeness (QED) is 0.669. The number of hydrogen-bond acceptors (Lipinski definition) is 2. The van der Waals surface area contributed by atoms with Gasteiger partial charge in [-0.05, 0) is 22.6 Å². The number of halogens is 4. The number of rotatable bonds is 2. The van der Waals surface area contributed by atoms with Gasteiger partial charge < -0.3 is 5.11 Å². The van der Waals surface area contributed by atoms with Crippen molar-refractivity contribution >= 4 is 40.2 Å². The van der Waals surface area contributed by atoms with E-state index in [4.69, 9.17) is 16.7 Å². The molecule has 0 amide bonds. The number of hydrogen-bond donors (Lipinski definition) is 1. The van der Waals surface area contributed by atoms with Crippen molar-refractivity contribution in [2.75, 3.05) is 0 Å². The van der Waals surface area contributed by atoms with Gasteiger partial charge in [0.25, 0.3) is 6.43 Å². The van der Waals surface area contributed by atoms with Crippen LogP contribution in [0, 0.1) is 3.57 Å². The molecule has 0 atom stereocenters. The lowest BCUT2D eigenvalue weighted by atomic mass is 10.1. The first kappa shape index (κ1) is 11.6. The molecule has 0 unspecified atom stereocenters. The van der Waals surface area contributed by atoms with E-state index in [1.807, 2.05) is 0 Å². The maximum absolute atomic E-state index is 12.3. The van der Waals surface area contributed by atoms with Crippen molar-refractivity contribution in [2.45, 2.75) is 6.43 Å². The van der Waals surface area contributed by atoms with Gasteiger partial charge in [0.1, 0.15) is 5.15 Å². The minimum absolute atomic E-state index is 0.0227. The molecule has 0 aliphatic carbocycles. The van der Waals surface area contributed by atoms with Crippen LogP contribution in [-0.4, -0.2) is 16.1 Å². The smallest absolute Gasteiger partial charge is 0.337 e. The predicted octanol–water partition coefficient (Wildman–Crippen LogP) is 2.98. The summed E-state index contributed by atoms with van der Waals surface area (Å²) in [6.45, 7) is 0. The molecule has 0 spiro atoms. The van der Waals surface area contributed by atoms with Gasteiger partial charge in [-0.25, -0.2) is 18.6 Å². The first-order valence-electron chi connectivity index (χ1n) is 3.30. The second-order valence-corrected chi connectivity index (χ2v) is 3.74. The average Bonchev–Trinajstić information content (AvgIpc) is 2.08. The highest BCUT2D eigenvalue weighted by Gasteiger charge is 2.23. The number of alkyl halides is 2. The first-order valence-corrected chi connectivity index (χ1v) is 4.76. The van der Waals surface area contributed by atoms with Crippen molar-refractivity contribution in [2.24, 2.45) is 0 Å². The van der Waals surface area contributed by atoms with Crippen molar-refractivity contribution in [3.05, 3.63) is 26.0 Å². The molecule has 7 heteroatoms. The van der Waals surface area contributed by atoms with Crippen molar-refractivity contribution in [3.8, 4) is 0 Å². The average molecular weight is 333 g/mol. The number of nitrogens with zero attached hydrogens (tertiary/aromatic N) is 1. The molecular formula is C7H3ClF2INO2. The monoisotopic (exact) mass is 333 g/mol. The zero-order chi connectivity index (χ0) is 10.9. The molecular weight excluding hydrogens is 330 g/mol. The van der Waals surface area contributed by atoms with E-state index in [0.29, 0.717) is 0 Å². The fraction of sp³-hybridized carbons (Fsp3) is 0.143. The highest BCUT2D eigenvalue weighted by molar-refractivity contribution is 14.1. The highest BCUT2D eigenvalue weighted by atomic mass is 127. The Bertz CT molecular complexity index is 386. The van der Waals surface area contributed by atoms with Gasteiger partial charge in [0, 0.05) is 6.20 Å². The molecule has 3 nitrogen and oxygen atoms in total. The van der Waals surface area contributed by atoms with Crippen molar-refractivity contribution in [1.29, 1.82) is 0 Å². The van der Waals surface area contributed by atoms with Gasteiger partial charge in [0.05, 0.1) is 14.7 Å². The summed E-state index contributed by atoms with van der Waals surface area (Å²) in [6, 6.07) is 0. The number of pyridine rings is 1. The van der Waals surface area contributed by atoms with E-state index < -0.39 is 23.5 Å². The Morgan fingerprint density at radius 3 is 2.64 bits per heavy atom. The molecule has 0 aliphatic heterocycles. The standard InChI is InChI=1S/C7H3ClF2INO2/c8-5-4(11)3(7(13)14)2(1-12-5)6(9)10/h1,6H,(H,13,14). The number of aromatic carboxylic acids is 1. The van der Waals surface area contributed by atoms with Gasteiger partial charge in [-0.15, -0.1) is 0 Å². The minimum Gasteiger partial charge on any atom is -0.478 e. The van der Waals surface area contributed by atoms with Crippen LogP contribution in [0.25, 0.3) is 0 Å². The molecule has 1 aromatic rings. The van der Waals surface area contributed by atoms with E-state index >= 15 is 0 Å².